The molecule has 0 fully saturated rings. The number of rotatable bonds is 9. The van der Waals surface area contributed by atoms with Gasteiger partial charge in [0.2, 0.25) is 0 Å². The number of hydrogen-bond acceptors (Lipinski definition) is 2. The van der Waals surface area contributed by atoms with Crippen molar-refractivity contribution in [3.8, 4) is 0 Å². The van der Waals surface area contributed by atoms with Crippen LogP contribution in [0.3, 0.4) is 0 Å². The van der Waals surface area contributed by atoms with E-state index >= 15 is 0 Å². The molecule has 0 spiro atoms. The third-order valence-corrected chi connectivity index (χ3v) is 3.21. The molecule has 0 aromatic heterocycles. The molecule has 0 amide bonds. The average Bonchev–Trinajstić information content (AvgIpc) is 2.23. The molecule has 1 atom stereocenters. The lowest BCUT2D eigenvalue weighted by Gasteiger charge is -2.25. The van der Waals surface area contributed by atoms with Crippen molar-refractivity contribution in [2.24, 2.45) is 0 Å². The predicted octanol–water partition coefficient (Wildman–Crippen LogP) is 3.36. The topological polar surface area (TPSA) is 21.3 Å². The van der Waals surface area contributed by atoms with E-state index in [9.17, 15) is 0 Å². The van der Waals surface area contributed by atoms with Crippen molar-refractivity contribution in [1.29, 1.82) is 0 Å². The van der Waals surface area contributed by atoms with E-state index in [4.69, 9.17) is 4.74 Å². The van der Waals surface area contributed by atoms with Gasteiger partial charge in [0.1, 0.15) is 0 Å². The molecule has 0 aliphatic heterocycles. The second kappa shape index (κ2) is 8.12. The molecule has 15 heavy (non-hydrogen) atoms. The first-order valence-electron chi connectivity index (χ1n) is 6.28. The zero-order valence-electron chi connectivity index (χ0n) is 11.2. The quantitative estimate of drug-likeness (QED) is 0.595. The first-order chi connectivity index (χ1) is 7.05. The molecule has 92 valence electrons. The molecule has 0 aliphatic carbocycles. The molecule has 1 unspecified atom stereocenters. The minimum atomic E-state index is 0.0276. The van der Waals surface area contributed by atoms with Gasteiger partial charge in [-0.05, 0) is 40.2 Å². The maximum absolute atomic E-state index is 5.43. The summed E-state index contributed by atoms with van der Waals surface area (Å²) in [4.78, 5) is 0. The zero-order chi connectivity index (χ0) is 11.7. The average molecular weight is 215 g/mol. The zero-order valence-corrected chi connectivity index (χ0v) is 11.2. The molecule has 2 heteroatoms. The van der Waals surface area contributed by atoms with Gasteiger partial charge in [-0.1, -0.05) is 26.2 Å². The van der Waals surface area contributed by atoms with Crippen LogP contribution in [-0.4, -0.2) is 25.8 Å². The minimum Gasteiger partial charge on any atom is -0.379 e. The van der Waals surface area contributed by atoms with E-state index in [1.807, 2.05) is 0 Å². The van der Waals surface area contributed by atoms with E-state index in [0.717, 1.165) is 6.42 Å². The van der Waals surface area contributed by atoms with Crippen molar-refractivity contribution in [1.82, 2.24) is 5.32 Å². The highest BCUT2D eigenvalue weighted by Crippen LogP contribution is 2.18. The smallest absolute Gasteiger partial charge is 0.0623 e. The fourth-order valence-electron chi connectivity index (χ4n) is 1.70. The maximum Gasteiger partial charge on any atom is 0.0623 e. The van der Waals surface area contributed by atoms with Crippen LogP contribution in [0.5, 0.6) is 0 Å². The largest absolute Gasteiger partial charge is 0.379 e. The SMILES string of the molecule is CCCCCC(CCC(C)(C)OC)NC. The lowest BCUT2D eigenvalue weighted by Crippen LogP contribution is -2.30. The lowest BCUT2D eigenvalue weighted by molar-refractivity contribution is 0.0116. The normalized spacial score (nSPS) is 14.2. The summed E-state index contributed by atoms with van der Waals surface area (Å²) in [6.07, 6.45) is 7.63. The fraction of sp³-hybridized carbons (Fsp3) is 1.00. The third-order valence-electron chi connectivity index (χ3n) is 3.21. The fourth-order valence-corrected chi connectivity index (χ4v) is 1.70. The molecule has 0 aromatic carbocycles. The van der Waals surface area contributed by atoms with Crippen molar-refractivity contribution in [3.63, 3.8) is 0 Å². The highest BCUT2D eigenvalue weighted by atomic mass is 16.5. The van der Waals surface area contributed by atoms with Gasteiger partial charge < -0.3 is 10.1 Å². The van der Waals surface area contributed by atoms with Gasteiger partial charge in [-0.15, -0.1) is 0 Å². The Morgan fingerprint density at radius 1 is 1.20 bits per heavy atom. The molecule has 0 aromatic rings. The summed E-state index contributed by atoms with van der Waals surface area (Å²) in [5.41, 5.74) is 0.0276. The summed E-state index contributed by atoms with van der Waals surface area (Å²) < 4.78 is 5.43. The molecule has 0 saturated heterocycles. The molecule has 0 radical (unpaired) electrons. The molecule has 0 saturated carbocycles. The van der Waals surface area contributed by atoms with Gasteiger partial charge in [0.15, 0.2) is 0 Å². The van der Waals surface area contributed by atoms with Crippen LogP contribution in [0.15, 0.2) is 0 Å². The molecule has 0 rings (SSSR count). The van der Waals surface area contributed by atoms with E-state index in [1.54, 1.807) is 7.11 Å². The summed E-state index contributed by atoms with van der Waals surface area (Å²) in [5, 5.41) is 3.40. The Hall–Kier alpha value is -0.0800. The summed E-state index contributed by atoms with van der Waals surface area (Å²) >= 11 is 0. The Kier molecular flexibility index (Phi) is 8.07. The van der Waals surface area contributed by atoms with Crippen LogP contribution in [-0.2, 0) is 4.74 Å². The van der Waals surface area contributed by atoms with E-state index in [-0.39, 0.29) is 5.60 Å². The van der Waals surface area contributed by atoms with Crippen LogP contribution in [0.25, 0.3) is 0 Å². The van der Waals surface area contributed by atoms with Crippen LogP contribution in [0.4, 0.5) is 0 Å². The van der Waals surface area contributed by atoms with Gasteiger partial charge in [-0.3, -0.25) is 0 Å². The minimum absolute atomic E-state index is 0.0276. The maximum atomic E-state index is 5.43. The lowest BCUT2D eigenvalue weighted by atomic mass is 9.96. The van der Waals surface area contributed by atoms with Crippen molar-refractivity contribution in [2.45, 2.75) is 70.9 Å². The van der Waals surface area contributed by atoms with Gasteiger partial charge in [0.05, 0.1) is 5.60 Å². The third kappa shape index (κ3) is 7.80. The van der Waals surface area contributed by atoms with Crippen molar-refractivity contribution in [2.75, 3.05) is 14.2 Å². The van der Waals surface area contributed by atoms with Crippen LogP contribution in [0.1, 0.15) is 59.3 Å². The summed E-state index contributed by atoms with van der Waals surface area (Å²) in [6, 6.07) is 0.658. The van der Waals surface area contributed by atoms with E-state index in [2.05, 4.69) is 33.1 Å². The monoisotopic (exact) mass is 215 g/mol. The van der Waals surface area contributed by atoms with Gasteiger partial charge in [0, 0.05) is 13.2 Å². The Morgan fingerprint density at radius 2 is 1.87 bits per heavy atom. The van der Waals surface area contributed by atoms with Crippen LogP contribution in [0, 0.1) is 0 Å². The summed E-state index contributed by atoms with van der Waals surface area (Å²) in [7, 11) is 3.86. The van der Waals surface area contributed by atoms with E-state index in [0.29, 0.717) is 6.04 Å². The summed E-state index contributed by atoms with van der Waals surface area (Å²) in [6.45, 7) is 6.57. The molecular weight excluding hydrogens is 186 g/mol. The van der Waals surface area contributed by atoms with Gasteiger partial charge in [0.25, 0.3) is 0 Å². The van der Waals surface area contributed by atoms with Crippen molar-refractivity contribution in [3.05, 3.63) is 0 Å². The van der Waals surface area contributed by atoms with Crippen LogP contribution < -0.4 is 5.32 Å². The van der Waals surface area contributed by atoms with Gasteiger partial charge >= 0.3 is 0 Å². The molecule has 1 N–H and O–H groups in total. The van der Waals surface area contributed by atoms with E-state index < -0.39 is 0 Å². The van der Waals surface area contributed by atoms with Crippen LogP contribution in [0.2, 0.25) is 0 Å². The molecule has 0 bridgehead atoms. The molecular formula is C13H29NO. The Balaban J connectivity index is 3.69. The number of unbranched alkanes of at least 4 members (excludes halogenated alkanes) is 2. The summed E-state index contributed by atoms with van der Waals surface area (Å²) in [5.74, 6) is 0. The highest BCUT2D eigenvalue weighted by Gasteiger charge is 2.18. The number of methoxy groups -OCH3 is 1. The Bertz CT molecular complexity index is 145. The predicted molar refractivity (Wildman–Crippen MR) is 67.3 cm³/mol. The highest BCUT2D eigenvalue weighted by molar-refractivity contribution is 4.73. The first-order valence-corrected chi connectivity index (χ1v) is 6.28. The Labute approximate surface area is 95.8 Å². The number of hydrogen-bond donors (Lipinski definition) is 1. The Morgan fingerprint density at radius 3 is 2.33 bits per heavy atom. The van der Waals surface area contributed by atoms with Crippen molar-refractivity contribution < 1.29 is 4.74 Å². The van der Waals surface area contributed by atoms with Crippen LogP contribution >= 0.6 is 0 Å². The molecule has 0 heterocycles. The second-order valence-electron chi connectivity index (χ2n) is 4.98. The molecule has 2 nitrogen and oxygen atoms in total. The molecule has 0 aliphatic rings. The van der Waals surface area contributed by atoms with Crippen molar-refractivity contribution >= 4 is 0 Å². The number of ether oxygens (including phenoxy) is 1. The van der Waals surface area contributed by atoms with E-state index in [1.165, 1.54) is 32.1 Å². The standard InChI is InChI=1S/C13H29NO/c1-6-7-8-9-12(14-4)10-11-13(2,3)15-5/h12,14H,6-11H2,1-5H3. The first kappa shape index (κ1) is 14.9. The van der Waals surface area contributed by atoms with Gasteiger partial charge in [-0.25, -0.2) is 0 Å². The number of nitrogens with one attached hydrogen (secondary N) is 1. The van der Waals surface area contributed by atoms with Gasteiger partial charge in [-0.2, -0.15) is 0 Å². The second-order valence-corrected chi connectivity index (χ2v) is 4.98.